The molecular weight excluding hydrogens is 311 g/mol. The van der Waals surface area contributed by atoms with Gasteiger partial charge in [0.25, 0.3) is 5.91 Å². The van der Waals surface area contributed by atoms with Gasteiger partial charge in [0.05, 0.1) is 5.56 Å². The van der Waals surface area contributed by atoms with E-state index >= 15 is 0 Å². The van der Waals surface area contributed by atoms with Gasteiger partial charge in [0, 0.05) is 19.2 Å². The van der Waals surface area contributed by atoms with E-state index in [0.717, 1.165) is 25.9 Å². The second kappa shape index (κ2) is 7.03. The van der Waals surface area contributed by atoms with E-state index in [9.17, 15) is 9.18 Å². The molecule has 24 heavy (non-hydrogen) atoms. The number of hydrogen-bond acceptors (Lipinski definition) is 4. The standard InChI is InChI=1S/C18H21FN2O3/c1-12-6-8-21(9-7-12)18(22)17-16(13(2)24-20-17)11-23-15-5-3-4-14(19)10-15/h3-5,10,12H,6-9,11H2,1-2H3. The summed E-state index contributed by atoms with van der Waals surface area (Å²) in [6.45, 7) is 5.52. The van der Waals surface area contributed by atoms with E-state index in [1.165, 1.54) is 12.1 Å². The van der Waals surface area contributed by atoms with Crippen molar-refractivity contribution in [1.29, 1.82) is 0 Å². The van der Waals surface area contributed by atoms with Gasteiger partial charge in [-0.1, -0.05) is 18.1 Å². The van der Waals surface area contributed by atoms with Crippen LogP contribution >= 0.6 is 0 Å². The zero-order valence-corrected chi connectivity index (χ0v) is 13.9. The van der Waals surface area contributed by atoms with Crippen LogP contribution in [0.1, 0.15) is 41.6 Å². The number of aryl methyl sites for hydroxylation is 1. The summed E-state index contributed by atoms with van der Waals surface area (Å²) in [4.78, 5) is 14.5. The van der Waals surface area contributed by atoms with E-state index in [2.05, 4.69) is 12.1 Å². The van der Waals surface area contributed by atoms with Crippen LogP contribution in [-0.2, 0) is 6.61 Å². The Kier molecular flexibility index (Phi) is 4.83. The lowest BCUT2D eigenvalue weighted by Gasteiger charge is -2.29. The summed E-state index contributed by atoms with van der Waals surface area (Å²) >= 11 is 0. The summed E-state index contributed by atoms with van der Waals surface area (Å²) in [5.41, 5.74) is 0.904. The molecule has 128 valence electrons. The average molecular weight is 332 g/mol. The van der Waals surface area contributed by atoms with Crippen LogP contribution in [0.3, 0.4) is 0 Å². The highest BCUT2D eigenvalue weighted by molar-refractivity contribution is 5.93. The Balaban J connectivity index is 1.72. The molecule has 0 radical (unpaired) electrons. The molecule has 0 atom stereocenters. The number of ether oxygens (including phenoxy) is 1. The third-order valence-corrected chi connectivity index (χ3v) is 4.44. The number of halogens is 1. The van der Waals surface area contributed by atoms with Crippen LogP contribution in [0.5, 0.6) is 5.75 Å². The number of benzene rings is 1. The minimum atomic E-state index is -0.367. The molecule has 1 amide bonds. The first-order valence-corrected chi connectivity index (χ1v) is 8.17. The van der Waals surface area contributed by atoms with Crippen molar-refractivity contribution in [2.45, 2.75) is 33.3 Å². The maximum Gasteiger partial charge on any atom is 0.276 e. The number of carbonyl (C=O) groups excluding carboxylic acids is 1. The van der Waals surface area contributed by atoms with Crippen molar-refractivity contribution in [2.75, 3.05) is 13.1 Å². The molecule has 5 nitrogen and oxygen atoms in total. The fraction of sp³-hybridized carbons (Fsp3) is 0.444. The highest BCUT2D eigenvalue weighted by atomic mass is 19.1. The van der Waals surface area contributed by atoms with Crippen LogP contribution in [0.2, 0.25) is 0 Å². The van der Waals surface area contributed by atoms with E-state index in [4.69, 9.17) is 9.26 Å². The molecule has 1 fully saturated rings. The molecule has 0 unspecified atom stereocenters. The highest BCUT2D eigenvalue weighted by Gasteiger charge is 2.27. The van der Waals surface area contributed by atoms with Gasteiger partial charge in [-0.25, -0.2) is 4.39 Å². The van der Waals surface area contributed by atoms with Crippen molar-refractivity contribution in [3.05, 3.63) is 47.1 Å². The molecule has 6 heteroatoms. The van der Waals surface area contributed by atoms with Gasteiger partial charge in [-0.15, -0.1) is 0 Å². The SMILES string of the molecule is Cc1onc(C(=O)N2CCC(C)CC2)c1COc1cccc(F)c1. The maximum atomic E-state index is 13.2. The van der Waals surface area contributed by atoms with Gasteiger partial charge >= 0.3 is 0 Å². The summed E-state index contributed by atoms with van der Waals surface area (Å²) in [5.74, 6) is 1.09. The lowest BCUT2D eigenvalue weighted by Crippen LogP contribution is -2.38. The van der Waals surface area contributed by atoms with Gasteiger partial charge in [-0.3, -0.25) is 4.79 Å². The second-order valence-corrected chi connectivity index (χ2v) is 6.29. The Morgan fingerprint density at radius 1 is 1.42 bits per heavy atom. The molecular formula is C18H21FN2O3. The van der Waals surface area contributed by atoms with E-state index in [1.54, 1.807) is 19.1 Å². The quantitative estimate of drug-likeness (QED) is 0.859. The van der Waals surface area contributed by atoms with Crippen molar-refractivity contribution in [2.24, 2.45) is 5.92 Å². The van der Waals surface area contributed by atoms with E-state index in [-0.39, 0.29) is 18.3 Å². The lowest BCUT2D eigenvalue weighted by molar-refractivity contribution is 0.0684. The lowest BCUT2D eigenvalue weighted by atomic mass is 9.99. The Hall–Kier alpha value is -2.37. The minimum Gasteiger partial charge on any atom is -0.489 e. The zero-order valence-electron chi connectivity index (χ0n) is 13.9. The third kappa shape index (κ3) is 3.58. The van der Waals surface area contributed by atoms with Gasteiger partial charge in [0.15, 0.2) is 5.69 Å². The van der Waals surface area contributed by atoms with Crippen molar-refractivity contribution < 1.29 is 18.4 Å². The number of aromatic nitrogens is 1. The summed E-state index contributed by atoms with van der Waals surface area (Å²) in [7, 11) is 0. The van der Waals surface area contributed by atoms with Gasteiger partial charge in [0.1, 0.15) is 23.9 Å². The molecule has 3 rings (SSSR count). The van der Waals surface area contributed by atoms with Crippen LogP contribution in [0.15, 0.2) is 28.8 Å². The Morgan fingerprint density at radius 2 is 2.17 bits per heavy atom. The molecule has 0 N–H and O–H groups in total. The van der Waals surface area contributed by atoms with Gasteiger partial charge in [0.2, 0.25) is 0 Å². The number of likely N-dealkylation sites (tertiary alicyclic amines) is 1. The summed E-state index contributed by atoms with van der Waals surface area (Å²) < 4.78 is 24.0. The fourth-order valence-corrected chi connectivity index (χ4v) is 2.80. The van der Waals surface area contributed by atoms with Crippen LogP contribution in [0.4, 0.5) is 4.39 Å². The number of rotatable bonds is 4. The number of nitrogens with zero attached hydrogens (tertiary/aromatic N) is 2. The molecule has 0 spiro atoms. The molecule has 1 aliphatic rings. The maximum absolute atomic E-state index is 13.2. The molecule has 2 aromatic rings. The fourth-order valence-electron chi connectivity index (χ4n) is 2.80. The van der Waals surface area contributed by atoms with Gasteiger partial charge < -0.3 is 14.2 Å². The first kappa shape index (κ1) is 16.5. The van der Waals surface area contributed by atoms with Crippen LogP contribution in [-0.4, -0.2) is 29.1 Å². The number of amides is 1. The predicted octanol–water partition coefficient (Wildman–Crippen LogP) is 3.57. The minimum absolute atomic E-state index is 0.115. The van der Waals surface area contributed by atoms with Crippen LogP contribution < -0.4 is 4.74 Å². The molecule has 1 aromatic carbocycles. The average Bonchev–Trinajstić information content (AvgIpc) is 2.94. The zero-order chi connectivity index (χ0) is 17.1. The number of hydrogen-bond donors (Lipinski definition) is 0. The number of piperidine rings is 1. The Labute approximate surface area is 140 Å². The Morgan fingerprint density at radius 3 is 2.88 bits per heavy atom. The first-order valence-electron chi connectivity index (χ1n) is 8.17. The highest BCUT2D eigenvalue weighted by Crippen LogP contribution is 2.22. The van der Waals surface area contributed by atoms with Crippen molar-refractivity contribution in [3.63, 3.8) is 0 Å². The van der Waals surface area contributed by atoms with Gasteiger partial charge in [-0.05, 0) is 37.8 Å². The molecule has 2 heterocycles. The summed E-state index contributed by atoms with van der Waals surface area (Å²) in [6, 6.07) is 5.89. The van der Waals surface area contributed by atoms with E-state index in [1.807, 2.05) is 4.90 Å². The van der Waals surface area contributed by atoms with E-state index < -0.39 is 0 Å². The molecule has 1 saturated heterocycles. The van der Waals surface area contributed by atoms with Crippen LogP contribution in [0.25, 0.3) is 0 Å². The smallest absolute Gasteiger partial charge is 0.276 e. The van der Waals surface area contributed by atoms with Crippen molar-refractivity contribution in [1.82, 2.24) is 10.1 Å². The third-order valence-electron chi connectivity index (χ3n) is 4.44. The van der Waals surface area contributed by atoms with Crippen molar-refractivity contribution >= 4 is 5.91 Å². The molecule has 0 saturated carbocycles. The predicted molar refractivity (Wildman–Crippen MR) is 86.3 cm³/mol. The second-order valence-electron chi connectivity index (χ2n) is 6.29. The largest absolute Gasteiger partial charge is 0.489 e. The topological polar surface area (TPSA) is 55.6 Å². The summed E-state index contributed by atoms with van der Waals surface area (Å²) in [6.07, 6.45) is 2.00. The van der Waals surface area contributed by atoms with Crippen LogP contribution in [0, 0.1) is 18.7 Å². The summed E-state index contributed by atoms with van der Waals surface area (Å²) in [5, 5.41) is 3.92. The Bertz CT molecular complexity index is 721. The molecule has 0 aliphatic carbocycles. The van der Waals surface area contributed by atoms with Crippen molar-refractivity contribution in [3.8, 4) is 5.75 Å². The first-order chi connectivity index (χ1) is 11.5. The van der Waals surface area contributed by atoms with Gasteiger partial charge in [-0.2, -0.15) is 0 Å². The monoisotopic (exact) mass is 332 g/mol. The molecule has 1 aromatic heterocycles. The van der Waals surface area contributed by atoms with E-state index in [0.29, 0.717) is 28.7 Å². The normalized spacial score (nSPS) is 15.5. The number of carbonyl (C=O) groups is 1. The molecule has 0 bridgehead atoms. The molecule has 1 aliphatic heterocycles.